The van der Waals surface area contributed by atoms with Gasteiger partial charge in [0.25, 0.3) is 0 Å². The van der Waals surface area contributed by atoms with E-state index in [0.29, 0.717) is 10.2 Å². The Morgan fingerprint density at radius 3 is 2.29 bits per heavy atom. The first kappa shape index (κ1) is 18.5. The Bertz CT molecular complexity index is 659. The van der Waals surface area contributed by atoms with Crippen molar-refractivity contribution in [2.75, 3.05) is 17.6 Å². The van der Waals surface area contributed by atoms with Gasteiger partial charge in [-0.15, -0.1) is 11.8 Å². The summed E-state index contributed by atoms with van der Waals surface area (Å²) < 4.78 is 0. The van der Waals surface area contributed by atoms with Crippen LogP contribution in [0.2, 0.25) is 0 Å². The third-order valence-corrected chi connectivity index (χ3v) is 4.46. The second-order valence-electron chi connectivity index (χ2n) is 4.99. The molecule has 0 aliphatic carbocycles. The van der Waals surface area contributed by atoms with Crippen molar-refractivity contribution >= 4 is 52.1 Å². The van der Waals surface area contributed by atoms with Gasteiger partial charge >= 0.3 is 0 Å². The number of thioether (sulfide) groups is 1. The van der Waals surface area contributed by atoms with Gasteiger partial charge in [0.05, 0.1) is 0 Å². The molecule has 0 bridgehead atoms. The Balaban J connectivity index is 1.58. The van der Waals surface area contributed by atoms with Crippen LogP contribution in [0.4, 0.5) is 5.69 Å². The normalized spacial score (nSPS) is 9.88. The first-order valence-corrected chi connectivity index (χ1v) is 9.29. The molecule has 4 nitrogen and oxygen atoms in total. The lowest BCUT2D eigenvalue weighted by Gasteiger charge is -2.14. The molecular formula is C17H20N4S3. The summed E-state index contributed by atoms with van der Waals surface area (Å²) in [4.78, 5) is 1.25. The van der Waals surface area contributed by atoms with Crippen LogP contribution in [0.15, 0.2) is 59.5 Å². The van der Waals surface area contributed by atoms with E-state index in [1.54, 1.807) is 11.8 Å². The Morgan fingerprint density at radius 2 is 1.58 bits per heavy atom. The van der Waals surface area contributed by atoms with Gasteiger partial charge in [0.1, 0.15) is 0 Å². The monoisotopic (exact) mass is 376 g/mol. The molecule has 0 heterocycles. The van der Waals surface area contributed by atoms with Crippen LogP contribution in [0, 0.1) is 6.92 Å². The molecule has 0 unspecified atom stereocenters. The average Bonchev–Trinajstić information content (AvgIpc) is 2.60. The summed E-state index contributed by atoms with van der Waals surface area (Å²) in [6.07, 6.45) is 0. The van der Waals surface area contributed by atoms with Crippen molar-refractivity contribution in [3.05, 3.63) is 60.2 Å². The van der Waals surface area contributed by atoms with Gasteiger partial charge in [-0.25, -0.2) is 0 Å². The lowest BCUT2D eigenvalue weighted by molar-refractivity contribution is 0.828. The molecule has 126 valence electrons. The number of aryl methyl sites for hydroxylation is 1. The first-order chi connectivity index (χ1) is 11.6. The molecule has 0 atom stereocenters. The molecule has 0 aliphatic rings. The number of benzene rings is 2. The van der Waals surface area contributed by atoms with Crippen LogP contribution in [0.1, 0.15) is 5.56 Å². The second kappa shape index (κ2) is 10.1. The highest BCUT2D eigenvalue weighted by molar-refractivity contribution is 7.99. The predicted molar refractivity (Wildman–Crippen MR) is 111 cm³/mol. The third-order valence-electron chi connectivity index (χ3n) is 3.00. The third kappa shape index (κ3) is 7.16. The van der Waals surface area contributed by atoms with Crippen molar-refractivity contribution in [3.63, 3.8) is 0 Å². The maximum atomic E-state index is 5.21. The first-order valence-electron chi connectivity index (χ1n) is 7.49. The van der Waals surface area contributed by atoms with Crippen molar-refractivity contribution in [2.45, 2.75) is 11.8 Å². The molecule has 2 aromatic rings. The fourth-order valence-electron chi connectivity index (χ4n) is 1.81. The Hall–Kier alpha value is -1.83. The Morgan fingerprint density at radius 1 is 0.917 bits per heavy atom. The van der Waals surface area contributed by atoms with Gasteiger partial charge in [-0.05, 0) is 55.6 Å². The van der Waals surface area contributed by atoms with Gasteiger partial charge < -0.3 is 10.6 Å². The summed E-state index contributed by atoms with van der Waals surface area (Å²) >= 11 is 12.2. The van der Waals surface area contributed by atoms with Crippen LogP contribution >= 0.6 is 36.2 Å². The quantitative estimate of drug-likeness (QED) is 0.276. The van der Waals surface area contributed by atoms with Gasteiger partial charge in [-0.2, -0.15) is 0 Å². The molecule has 2 rings (SSSR count). The van der Waals surface area contributed by atoms with Gasteiger partial charge in [0.15, 0.2) is 10.2 Å². The van der Waals surface area contributed by atoms with Gasteiger partial charge in [0.2, 0.25) is 0 Å². The largest absolute Gasteiger partial charge is 0.361 e. The van der Waals surface area contributed by atoms with E-state index in [4.69, 9.17) is 24.4 Å². The number of hydrazine groups is 1. The minimum Gasteiger partial charge on any atom is -0.361 e. The van der Waals surface area contributed by atoms with Crippen molar-refractivity contribution in [1.29, 1.82) is 0 Å². The maximum Gasteiger partial charge on any atom is 0.189 e. The number of rotatable bonds is 5. The topological polar surface area (TPSA) is 48.1 Å². The van der Waals surface area contributed by atoms with Crippen LogP contribution in [-0.2, 0) is 0 Å². The highest BCUT2D eigenvalue weighted by Gasteiger charge is 1.99. The minimum absolute atomic E-state index is 0.460. The van der Waals surface area contributed by atoms with Crippen LogP contribution < -0.4 is 21.5 Å². The zero-order valence-corrected chi connectivity index (χ0v) is 15.8. The molecule has 0 saturated heterocycles. The highest BCUT2D eigenvalue weighted by atomic mass is 32.2. The molecule has 0 aliphatic heterocycles. The molecule has 0 radical (unpaired) electrons. The van der Waals surface area contributed by atoms with E-state index in [1.165, 1.54) is 10.5 Å². The molecule has 0 fully saturated rings. The fraction of sp³-hybridized carbons (Fsp3) is 0.176. The highest BCUT2D eigenvalue weighted by Crippen LogP contribution is 2.15. The van der Waals surface area contributed by atoms with Crippen molar-refractivity contribution < 1.29 is 0 Å². The molecule has 0 aromatic heterocycles. The van der Waals surface area contributed by atoms with Crippen LogP contribution in [-0.4, -0.2) is 22.5 Å². The SMILES string of the molecule is Cc1ccc(NC(=S)NNC(=S)NCCSc2ccccc2)cc1. The predicted octanol–water partition coefficient (Wildman–Crippen LogP) is 3.45. The molecule has 7 heteroatoms. The van der Waals surface area contributed by atoms with Crippen molar-refractivity contribution in [1.82, 2.24) is 16.2 Å². The summed E-state index contributed by atoms with van der Waals surface area (Å²) in [5.41, 5.74) is 7.87. The van der Waals surface area contributed by atoms with Gasteiger partial charge in [0, 0.05) is 22.9 Å². The van der Waals surface area contributed by atoms with Crippen LogP contribution in [0.25, 0.3) is 0 Å². The lowest BCUT2D eigenvalue weighted by atomic mass is 10.2. The molecule has 0 amide bonds. The molecule has 0 saturated carbocycles. The summed E-state index contributed by atoms with van der Waals surface area (Å²) in [6, 6.07) is 18.3. The average molecular weight is 377 g/mol. The van der Waals surface area contributed by atoms with E-state index in [9.17, 15) is 0 Å². The number of hydrogen-bond acceptors (Lipinski definition) is 3. The molecule has 4 N–H and O–H groups in total. The second-order valence-corrected chi connectivity index (χ2v) is 6.97. The molecule has 24 heavy (non-hydrogen) atoms. The number of anilines is 1. The van der Waals surface area contributed by atoms with Crippen molar-refractivity contribution in [3.8, 4) is 0 Å². The molecular weight excluding hydrogens is 356 g/mol. The summed E-state index contributed by atoms with van der Waals surface area (Å²) in [5.74, 6) is 0.928. The number of nitrogens with one attached hydrogen (secondary N) is 4. The Labute approximate surface area is 157 Å². The van der Waals surface area contributed by atoms with Gasteiger partial charge in [-0.1, -0.05) is 35.9 Å². The van der Waals surface area contributed by atoms with Crippen LogP contribution in [0.3, 0.4) is 0 Å². The summed E-state index contributed by atoms with van der Waals surface area (Å²) in [7, 11) is 0. The van der Waals surface area contributed by atoms with Crippen LogP contribution in [0.5, 0.6) is 0 Å². The zero-order chi connectivity index (χ0) is 17.2. The van der Waals surface area contributed by atoms with Crippen molar-refractivity contribution in [2.24, 2.45) is 0 Å². The van der Waals surface area contributed by atoms with Gasteiger partial charge in [-0.3, -0.25) is 10.9 Å². The number of thiocarbonyl (C=S) groups is 2. The van der Waals surface area contributed by atoms with E-state index < -0.39 is 0 Å². The van der Waals surface area contributed by atoms with E-state index in [-0.39, 0.29) is 0 Å². The smallest absolute Gasteiger partial charge is 0.189 e. The molecule has 2 aromatic carbocycles. The summed E-state index contributed by atoms with van der Waals surface area (Å²) in [5, 5.41) is 7.18. The minimum atomic E-state index is 0.460. The lowest BCUT2D eigenvalue weighted by Crippen LogP contribution is -2.48. The van der Waals surface area contributed by atoms with E-state index in [0.717, 1.165) is 18.0 Å². The van der Waals surface area contributed by atoms with E-state index >= 15 is 0 Å². The molecule has 0 spiro atoms. The maximum absolute atomic E-state index is 5.21. The summed E-state index contributed by atoms with van der Waals surface area (Å²) in [6.45, 7) is 2.81. The zero-order valence-electron chi connectivity index (χ0n) is 13.3. The number of hydrogen-bond donors (Lipinski definition) is 4. The Kier molecular flexibility index (Phi) is 7.81. The van der Waals surface area contributed by atoms with E-state index in [1.807, 2.05) is 49.4 Å². The van der Waals surface area contributed by atoms with E-state index in [2.05, 4.69) is 33.6 Å². The fourth-order valence-corrected chi connectivity index (χ4v) is 2.92. The standard InChI is InChI=1S/C17H20N4S3/c1-13-7-9-14(10-8-13)19-17(23)21-20-16(22)18-11-12-24-15-5-3-2-4-6-15/h2-10H,11-12H2,1H3,(H2,18,20,22)(H2,19,21,23).